The van der Waals surface area contributed by atoms with Crippen molar-refractivity contribution in [1.82, 2.24) is 0 Å². The molecule has 2 atom stereocenters. The van der Waals surface area contributed by atoms with Crippen molar-refractivity contribution in [3.63, 3.8) is 0 Å². The van der Waals surface area contributed by atoms with Crippen LogP contribution in [-0.2, 0) is 38.1 Å². The van der Waals surface area contributed by atoms with Gasteiger partial charge in [-0.1, -0.05) is 27.7 Å². The van der Waals surface area contributed by atoms with E-state index in [0.717, 1.165) is 0 Å². The quantitative estimate of drug-likeness (QED) is 0.471. The number of esters is 4. The van der Waals surface area contributed by atoms with E-state index in [-0.39, 0.29) is 36.5 Å². The standard InChI is InChI=1S/C22H32O8/c1-11(2)13-9-19(15(23)27-5)21(13,17(25)29-7)20(16(24)28-6)10-14(12(3)4)22(19,20)18(26)30-8/h11-14H,9-10H2,1-8H3. The third kappa shape index (κ3) is 1.74. The molecular formula is C22H32O8. The lowest BCUT2D eigenvalue weighted by atomic mass is 9.06. The van der Waals surface area contributed by atoms with Gasteiger partial charge in [0, 0.05) is 0 Å². The summed E-state index contributed by atoms with van der Waals surface area (Å²) in [6.45, 7) is 7.72. The van der Waals surface area contributed by atoms with E-state index in [9.17, 15) is 19.2 Å². The Morgan fingerprint density at radius 2 is 0.867 bits per heavy atom. The Labute approximate surface area is 176 Å². The molecule has 3 aliphatic rings. The fourth-order valence-electron chi connectivity index (χ4n) is 7.85. The monoisotopic (exact) mass is 424 g/mol. The lowest BCUT2D eigenvalue weighted by Gasteiger charge is -2.90. The third-order valence-corrected chi connectivity index (χ3v) is 8.55. The molecule has 3 rings (SSSR count). The van der Waals surface area contributed by atoms with Crippen molar-refractivity contribution in [2.24, 2.45) is 45.3 Å². The van der Waals surface area contributed by atoms with Crippen molar-refractivity contribution < 1.29 is 38.1 Å². The molecule has 3 aliphatic carbocycles. The van der Waals surface area contributed by atoms with Gasteiger partial charge >= 0.3 is 23.9 Å². The maximum absolute atomic E-state index is 13.5. The fraction of sp³-hybridized carbons (Fsp3) is 0.818. The molecule has 168 valence electrons. The first-order chi connectivity index (χ1) is 14.0. The Bertz CT molecular complexity index is 721. The van der Waals surface area contributed by atoms with Crippen LogP contribution in [-0.4, -0.2) is 52.3 Å². The number of methoxy groups -OCH3 is 4. The highest BCUT2D eigenvalue weighted by atomic mass is 16.5. The van der Waals surface area contributed by atoms with Crippen molar-refractivity contribution in [2.75, 3.05) is 28.4 Å². The van der Waals surface area contributed by atoms with E-state index in [1.165, 1.54) is 28.4 Å². The minimum atomic E-state index is -1.54. The molecule has 0 bridgehead atoms. The molecule has 0 heterocycles. The summed E-state index contributed by atoms with van der Waals surface area (Å²) in [5.41, 5.74) is -6.15. The molecule has 8 nitrogen and oxygen atoms in total. The molecule has 0 saturated heterocycles. The molecule has 0 aromatic rings. The van der Waals surface area contributed by atoms with Gasteiger partial charge in [0.05, 0.1) is 28.4 Å². The first kappa shape index (κ1) is 22.6. The highest BCUT2D eigenvalue weighted by molar-refractivity contribution is 6.11. The molecule has 0 aromatic carbocycles. The van der Waals surface area contributed by atoms with Crippen LogP contribution in [0.4, 0.5) is 0 Å². The van der Waals surface area contributed by atoms with E-state index >= 15 is 0 Å². The topological polar surface area (TPSA) is 105 Å². The first-order valence-electron chi connectivity index (χ1n) is 10.3. The summed E-state index contributed by atoms with van der Waals surface area (Å²) >= 11 is 0. The van der Waals surface area contributed by atoms with Gasteiger partial charge in [-0.2, -0.15) is 0 Å². The van der Waals surface area contributed by atoms with Crippen LogP contribution >= 0.6 is 0 Å². The average molecular weight is 424 g/mol. The van der Waals surface area contributed by atoms with E-state index in [1.807, 2.05) is 27.7 Å². The Balaban J connectivity index is 2.45. The molecule has 0 spiro atoms. The Morgan fingerprint density at radius 1 is 0.600 bits per heavy atom. The van der Waals surface area contributed by atoms with Gasteiger partial charge in [-0.15, -0.1) is 0 Å². The summed E-state index contributed by atoms with van der Waals surface area (Å²) in [4.78, 5) is 53.8. The van der Waals surface area contributed by atoms with Crippen LogP contribution in [0.15, 0.2) is 0 Å². The molecule has 0 radical (unpaired) electrons. The van der Waals surface area contributed by atoms with Gasteiger partial charge in [0.2, 0.25) is 0 Å². The van der Waals surface area contributed by atoms with Gasteiger partial charge in [-0.3, -0.25) is 19.2 Å². The summed E-state index contributed by atoms with van der Waals surface area (Å²) in [7, 11) is 4.93. The maximum atomic E-state index is 13.5. The highest BCUT2D eigenvalue weighted by Crippen LogP contribution is 2.98. The van der Waals surface area contributed by atoms with Crippen LogP contribution in [0.2, 0.25) is 0 Å². The van der Waals surface area contributed by atoms with Crippen molar-refractivity contribution in [3.8, 4) is 0 Å². The summed E-state index contributed by atoms with van der Waals surface area (Å²) in [5.74, 6) is -3.51. The van der Waals surface area contributed by atoms with Crippen molar-refractivity contribution in [1.29, 1.82) is 0 Å². The van der Waals surface area contributed by atoms with Crippen LogP contribution in [0, 0.1) is 45.3 Å². The molecule has 2 unspecified atom stereocenters. The van der Waals surface area contributed by atoms with Crippen LogP contribution in [0.25, 0.3) is 0 Å². The largest absolute Gasteiger partial charge is 0.469 e. The maximum Gasteiger partial charge on any atom is 0.314 e. The minimum Gasteiger partial charge on any atom is -0.469 e. The molecule has 3 fully saturated rings. The van der Waals surface area contributed by atoms with Crippen molar-refractivity contribution in [3.05, 3.63) is 0 Å². The molecular weight excluding hydrogens is 392 g/mol. The zero-order valence-electron chi connectivity index (χ0n) is 19.0. The van der Waals surface area contributed by atoms with Gasteiger partial charge in [0.15, 0.2) is 0 Å². The molecule has 8 heteroatoms. The van der Waals surface area contributed by atoms with Crippen molar-refractivity contribution in [2.45, 2.75) is 40.5 Å². The second kappa shape index (κ2) is 6.69. The normalized spacial score (nSPS) is 40.7. The predicted octanol–water partition coefficient (Wildman–Crippen LogP) is 1.99. The van der Waals surface area contributed by atoms with E-state index in [2.05, 4.69) is 0 Å². The number of ether oxygens (including phenoxy) is 4. The summed E-state index contributed by atoms with van der Waals surface area (Å²) in [5, 5.41) is 0. The van der Waals surface area contributed by atoms with E-state index in [1.54, 1.807) is 0 Å². The third-order valence-electron chi connectivity index (χ3n) is 8.55. The van der Waals surface area contributed by atoms with Gasteiger partial charge < -0.3 is 18.9 Å². The van der Waals surface area contributed by atoms with Gasteiger partial charge in [0.25, 0.3) is 0 Å². The Kier molecular flexibility index (Phi) is 5.03. The highest BCUT2D eigenvalue weighted by Gasteiger charge is 3.08. The lowest BCUT2D eigenvalue weighted by Crippen LogP contribution is -3.00. The second-order valence-corrected chi connectivity index (χ2v) is 9.50. The number of carbonyl (C=O) groups excluding carboxylic acids is 4. The molecule has 30 heavy (non-hydrogen) atoms. The fourth-order valence-corrected chi connectivity index (χ4v) is 7.85. The molecule has 0 aliphatic heterocycles. The van der Waals surface area contributed by atoms with Gasteiger partial charge in [-0.05, 0) is 36.5 Å². The van der Waals surface area contributed by atoms with Crippen LogP contribution in [0.1, 0.15) is 40.5 Å². The van der Waals surface area contributed by atoms with Crippen molar-refractivity contribution >= 4 is 23.9 Å². The number of fused-ring (bicyclic) bond motifs is 4. The zero-order chi connectivity index (χ0) is 22.9. The minimum absolute atomic E-state index is 0.0443. The second-order valence-electron chi connectivity index (χ2n) is 9.50. The molecule has 3 saturated carbocycles. The summed E-state index contributed by atoms with van der Waals surface area (Å²) in [6.07, 6.45) is 0.479. The number of hydrogen-bond donors (Lipinski definition) is 0. The molecule has 0 N–H and O–H groups in total. The Hall–Kier alpha value is -2.12. The molecule has 0 aromatic heterocycles. The number of carbonyl (C=O) groups is 4. The van der Waals surface area contributed by atoms with Crippen LogP contribution in [0.3, 0.4) is 0 Å². The molecule has 0 amide bonds. The Morgan fingerprint density at radius 3 is 1.07 bits per heavy atom. The van der Waals surface area contributed by atoms with Crippen LogP contribution < -0.4 is 0 Å². The van der Waals surface area contributed by atoms with Crippen LogP contribution in [0.5, 0.6) is 0 Å². The summed E-state index contributed by atoms with van der Waals surface area (Å²) in [6, 6.07) is 0. The summed E-state index contributed by atoms with van der Waals surface area (Å²) < 4.78 is 20.8. The van der Waals surface area contributed by atoms with E-state index in [4.69, 9.17) is 18.9 Å². The average Bonchev–Trinajstić information content (AvgIpc) is 2.69. The SMILES string of the molecule is COC(=O)C12CC(C(C)C)C1(C(=O)OC)C1(C(=O)OC)CC(C(C)C)C21C(=O)OC. The number of hydrogen-bond acceptors (Lipinski definition) is 8. The lowest BCUT2D eigenvalue weighted by molar-refractivity contribution is -0.448. The van der Waals surface area contributed by atoms with E-state index in [0.29, 0.717) is 0 Å². The van der Waals surface area contributed by atoms with Gasteiger partial charge in [0.1, 0.15) is 21.7 Å². The zero-order valence-corrected chi connectivity index (χ0v) is 19.0. The smallest absolute Gasteiger partial charge is 0.314 e. The van der Waals surface area contributed by atoms with Gasteiger partial charge in [-0.25, -0.2) is 0 Å². The predicted molar refractivity (Wildman–Crippen MR) is 104 cm³/mol. The number of rotatable bonds is 6. The van der Waals surface area contributed by atoms with E-state index < -0.39 is 45.5 Å². The first-order valence-corrected chi connectivity index (χ1v) is 10.3.